The topological polar surface area (TPSA) is 62.7 Å². The predicted molar refractivity (Wildman–Crippen MR) is 144 cm³/mol. The van der Waals surface area contributed by atoms with Gasteiger partial charge >= 0.3 is 5.97 Å². The molecule has 4 rings (SSSR count). The lowest BCUT2D eigenvalue weighted by atomic mass is 9.80. The van der Waals surface area contributed by atoms with Gasteiger partial charge in [0, 0.05) is 30.6 Å². The number of pyridine rings is 1. The number of hydrogen-bond donors (Lipinski definition) is 1. The summed E-state index contributed by atoms with van der Waals surface area (Å²) in [6.45, 7) is 2.79. The fourth-order valence-electron chi connectivity index (χ4n) is 4.94. The molecule has 35 heavy (non-hydrogen) atoms. The molecule has 2 aromatic heterocycles. The molecule has 0 unspecified atom stereocenters. The standard InChI is InChI=1S/C26H31FN2O3S2.ClH/c1-32-20-7-8-24-22(15-20)21(23(27)16-28-24)5-2-4-18-9-10-29(17-19(18)14-25(30)31)11-13-34-26-6-3-12-33-26;/h3,6-8,12,15-16,18-19H,2,4-5,9-11,13-14,17H2,1H3,(H,30,31);1H/t18-,19-;/m1./s1. The first-order valence-electron chi connectivity index (χ1n) is 11.7. The second-order valence-corrected chi connectivity index (χ2v) is 11.2. The lowest BCUT2D eigenvalue weighted by Crippen LogP contribution is -2.42. The van der Waals surface area contributed by atoms with Gasteiger partial charge in [-0.3, -0.25) is 9.78 Å². The van der Waals surface area contributed by atoms with Crippen molar-refractivity contribution in [1.29, 1.82) is 0 Å². The highest BCUT2D eigenvalue weighted by Crippen LogP contribution is 2.33. The fraction of sp³-hybridized carbons (Fsp3) is 0.462. The van der Waals surface area contributed by atoms with E-state index in [-0.39, 0.29) is 30.6 Å². The van der Waals surface area contributed by atoms with Crippen LogP contribution >= 0.6 is 35.5 Å². The number of fused-ring (bicyclic) bond motifs is 1. The van der Waals surface area contributed by atoms with E-state index in [1.54, 1.807) is 18.4 Å². The van der Waals surface area contributed by atoms with Crippen molar-refractivity contribution in [2.24, 2.45) is 11.8 Å². The number of methoxy groups -OCH3 is 1. The maximum atomic E-state index is 14.7. The monoisotopic (exact) mass is 538 g/mol. The SMILES string of the molecule is COc1ccc2ncc(F)c(CCC[C@@H]3CCN(CCSc4cccs4)C[C@H]3CC(=O)O)c2c1.Cl. The number of piperidine rings is 1. The Bertz CT molecular complexity index is 1100. The Morgan fingerprint density at radius 3 is 2.94 bits per heavy atom. The summed E-state index contributed by atoms with van der Waals surface area (Å²) in [6.07, 6.45) is 4.82. The zero-order valence-electron chi connectivity index (χ0n) is 19.8. The Kier molecular flexibility index (Phi) is 10.6. The third-order valence-electron chi connectivity index (χ3n) is 6.70. The minimum atomic E-state index is -0.733. The molecular formula is C26H32ClFN2O3S2. The number of carbonyl (C=O) groups is 1. The van der Waals surface area contributed by atoms with Gasteiger partial charge in [-0.15, -0.1) is 35.5 Å². The molecule has 1 aliphatic heterocycles. The van der Waals surface area contributed by atoms with Crippen LogP contribution in [-0.2, 0) is 11.2 Å². The summed E-state index contributed by atoms with van der Waals surface area (Å²) >= 11 is 3.62. The lowest BCUT2D eigenvalue weighted by Gasteiger charge is -2.38. The number of carboxylic acid groups (broad SMARTS) is 1. The number of hydrogen-bond acceptors (Lipinski definition) is 6. The lowest BCUT2D eigenvalue weighted by molar-refractivity contribution is -0.139. The number of thiophene rings is 1. The van der Waals surface area contributed by atoms with Gasteiger partial charge in [0.15, 0.2) is 0 Å². The van der Waals surface area contributed by atoms with E-state index >= 15 is 0 Å². The predicted octanol–water partition coefficient (Wildman–Crippen LogP) is 6.39. The highest BCUT2D eigenvalue weighted by atomic mass is 35.5. The smallest absolute Gasteiger partial charge is 0.303 e. The summed E-state index contributed by atoms with van der Waals surface area (Å²) in [5.74, 6) is 1.17. The first-order valence-corrected chi connectivity index (χ1v) is 13.6. The molecule has 0 radical (unpaired) electrons. The summed E-state index contributed by atoms with van der Waals surface area (Å²) in [5, 5.41) is 12.4. The molecule has 1 aromatic carbocycles. The number of benzene rings is 1. The highest BCUT2D eigenvalue weighted by Gasteiger charge is 2.30. The van der Waals surface area contributed by atoms with Gasteiger partial charge in [0.1, 0.15) is 11.6 Å². The summed E-state index contributed by atoms with van der Waals surface area (Å²) in [4.78, 5) is 18.2. The van der Waals surface area contributed by atoms with E-state index in [0.717, 1.165) is 55.6 Å². The summed E-state index contributed by atoms with van der Waals surface area (Å²) in [7, 11) is 1.60. The molecule has 1 aliphatic rings. The fourth-order valence-corrected chi connectivity index (χ4v) is 6.80. The average Bonchev–Trinajstić information content (AvgIpc) is 3.34. The van der Waals surface area contributed by atoms with Crippen molar-refractivity contribution in [3.8, 4) is 5.75 Å². The number of nitrogens with zero attached hydrogens (tertiary/aromatic N) is 2. The van der Waals surface area contributed by atoms with Crippen molar-refractivity contribution in [3.05, 3.63) is 53.3 Å². The van der Waals surface area contributed by atoms with Gasteiger partial charge in [0.2, 0.25) is 0 Å². The molecule has 9 heteroatoms. The van der Waals surface area contributed by atoms with E-state index in [1.807, 2.05) is 30.0 Å². The molecule has 3 aromatic rings. The normalized spacial score (nSPS) is 18.3. The van der Waals surface area contributed by atoms with Gasteiger partial charge < -0.3 is 14.7 Å². The Morgan fingerprint density at radius 1 is 1.34 bits per heavy atom. The van der Waals surface area contributed by atoms with Crippen molar-refractivity contribution in [2.45, 2.75) is 36.3 Å². The van der Waals surface area contributed by atoms with Crippen LogP contribution in [0.25, 0.3) is 10.9 Å². The molecule has 0 spiro atoms. The van der Waals surface area contributed by atoms with Crippen LogP contribution in [0.3, 0.4) is 0 Å². The Labute approximate surface area is 220 Å². The zero-order valence-corrected chi connectivity index (χ0v) is 22.3. The number of halogens is 2. The number of rotatable bonds is 11. The molecule has 1 fully saturated rings. The van der Waals surface area contributed by atoms with Crippen molar-refractivity contribution in [3.63, 3.8) is 0 Å². The third kappa shape index (κ3) is 7.56. The first kappa shape index (κ1) is 27.7. The number of thioether (sulfide) groups is 1. The number of aromatic nitrogens is 1. The molecule has 0 amide bonds. The molecule has 2 atom stereocenters. The second-order valence-electron chi connectivity index (χ2n) is 8.85. The minimum absolute atomic E-state index is 0. The van der Waals surface area contributed by atoms with Crippen molar-refractivity contribution >= 4 is 52.4 Å². The Balaban J connectivity index is 0.00000342. The van der Waals surface area contributed by atoms with E-state index in [4.69, 9.17) is 4.74 Å². The van der Waals surface area contributed by atoms with E-state index in [2.05, 4.69) is 27.4 Å². The van der Waals surface area contributed by atoms with Crippen LogP contribution in [0, 0.1) is 17.7 Å². The van der Waals surface area contributed by atoms with Crippen LogP contribution in [0.5, 0.6) is 5.75 Å². The maximum Gasteiger partial charge on any atom is 0.303 e. The van der Waals surface area contributed by atoms with Crippen molar-refractivity contribution in [2.75, 3.05) is 32.5 Å². The van der Waals surface area contributed by atoms with Crippen LogP contribution in [0.15, 0.2) is 46.1 Å². The molecule has 0 saturated carbocycles. The number of ether oxygens (including phenoxy) is 1. The second kappa shape index (κ2) is 13.4. The largest absolute Gasteiger partial charge is 0.497 e. The average molecular weight is 539 g/mol. The van der Waals surface area contributed by atoms with Crippen LogP contribution in [0.2, 0.25) is 0 Å². The number of carboxylic acids is 1. The van der Waals surface area contributed by atoms with Gasteiger partial charge in [0.25, 0.3) is 0 Å². The molecule has 5 nitrogen and oxygen atoms in total. The van der Waals surface area contributed by atoms with Gasteiger partial charge in [-0.1, -0.05) is 6.07 Å². The maximum absolute atomic E-state index is 14.7. The molecule has 3 heterocycles. The summed E-state index contributed by atoms with van der Waals surface area (Å²) in [5.41, 5.74) is 1.43. The number of likely N-dealkylation sites (tertiary alicyclic amines) is 1. The van der Waals surface area contributed by atoms with E-state index in [0.29, 0.717) is 23.7 Å². The van der Waals surface area contributed by atoms with Gasteiger partial charge in [0.05, 0.1) is 23.0 Å². The zero-order chi connectivity index (χ0) is 23.9. The molecule has 0 aliphatic carbocycles. The molecule has 0 bridgehead atoms. The Morgan fingerprint density at radius 2 is 2.20 bits per heavy atom. The molecule has 190 valence electrons. The first-order chi connectivity index (χ1) is 16.5. The van der Waals surface area contributed by atoms with Gasteiger partial charge in [-0.05, 0) is 79.3 Å². The highest BCUT2D eigenvalue weighted by molar-refractivity contribution is 8.01. The van der Waals surface area contributed by atoms with Gasteiger partial charge in [-0.2, -0.15) is 0 Å². The molecular weight excluding hydrogens is 507 g/mol. The van der Waals surface area contributed by atoms with E-state index < -0.39 is 5.97 Å². The van der Waals surface area contributed by atoms with Crippen LogP contribution in [0.1, 0.15) is 31.2 Å². The van der Waals surface area contributed by atoms with E-state index in [9.17, 15) is 14.3 Å². The Hall–Kier alpha value is -1.87. The van der Waals surface area contributed by atoms with E-state index in [1.165, 1.54) is 10.4 Å². The van der Waals surface area contributed by atoms with Crippen molar-refractivity contribution in [1.82, 2.24) is 9.88 Å². The van der Waals surface area contributed by atoms with Crippen LogP contribution in [0.4, 0.5) is 4.39 Å². The quantitative estimate of drug-likeness (QED) is 0.285. The molecule has 1 N–H and O–H groups in total. The summed E-state index contributed by atoms with van der Waals surface area (Å²) < 4.78 is 21.3. The summed E-state index contributed by atoms with van der Waals surface area (Å²) in [6, 6.07) is 9.74. The number of aliphatic carboxylic acids is 1. The van der Waals surface area contributed by atoms with Crippen LogP contribution in [-0.4, -0.2) is 53.5 Å². The van der Waals surface area contributed by atoms with Crippen LogP contribution < -0.4 is 4.74 Å². The van der Waals surface area contributed by atoms with Crippen molar-refractivity contribution < 1.29 is 19.0 Å². The molecule has 1 saturated heterocycles. The number of aryl methyl sites for hydroxylation is 1. The van der Waals surface area contributed by atoms with Gasteiger partial charge in [-0.25, -0.2) is 4.39 Å². The third-order valence-corrected chi connectivity index (χ3v) is 8.81. The minimum Gasteiger partial charge on any atom is -0.497 e.